The summed E-state index contributed by atoms with van der Waals surface area (Å²) in [5.41, 5.74) is 2.24. The standard InChI is InChI=1S/C25H39N5O5/c1-16(2)14-18(22(32)29-26)27-21(31)19(15-17-10-7-6-8-11-17)28-23(33)20-12-9-13-30(20)24(34)35-25(3,4)5/h6-8,10-11,16,18-20H,9,12-15,26H2,1-5H3,(H,27,31)(H,28,33)(H,29,32). The molecule has 0 aromatic heterocycles. The number of nitrogens with zero attached hydrogens (tertiary/aromatic N) is 1. The number of carbonyl (C=O) groups excluding carboxylic acids is 4. The Morgan fingerprint density at radius 1 is 1.06 bits per heavy atom. The van der Waals surface area contributed by atoms with Crippen molar-refractivity contribution in [3.63, 3.8) is 0 Å². The van der Waals surface area contributed by atoms with Crippen molar-refractivity contribution < 1.29 is 23.9 Å². The molecule has 35 heavy (non-hydrogen) atoms. The minimum atomic E-state index is -0.953. The molecule has 5 N–H and O–H groups in total. The topological polar surface area (TPSA) is 143 Å². The zero-order valence-electron chi connectivity index (χ0n) is 21.3. The third kappa shape index (κ3) is 8.86. The average molecular weight is 490 g/mol. The van der Waals surface area contributed by atoms with Crippen LogP contribution in [0.15, 0.2) is 30.3 Å². The van der Waals surface area contributed by atoms with Crippen LogP contribution < -0.4 is 21.9 Å². The highest BCUT2D eigenvalue weighted by Gasteiger charge is 2.38. The summed E-state index contributed by atoms with van der Waals surface area (Å²) in [5, 5.41) is 5.54. The lowest BCUT2D eigenvalue weighted by Gasteiger charge is -2.29. The van der Waals surface area contributed by atoms with Gasteiger partial charge in [0.1, 0.15) is 23.7 Å². The van der Waals surface area contributed by atoms with Crippen molar-refractivity contribution >= 4 is 23.8 Å². The first kappa shape index (κ1) is 28.1. The van der Waals surface area contributed by atoms with E-state index < -0.39 is 47.5 Å². The van der Waals surface area contributed by atoms with Gasteiger partial charge in [0, 0.05) is 13.0 Å². The first-order valence-electron chi connectivity index (χ1n) is 12.1. The van der Waals surface area contributed by atoms with E-state index in [9.17, 15) is 19.2 Å². The zero-order valence-corrected chi connectivity index (χ0v) is 21.3. The van der Waals surface area contributed by atoms with Crippen molar-refractivity contribution in [1.29, 1.82) is 0 Å². The fourth-order valence-electron chi connectivity index (χ4n) is 3.98. The molecular formula is C25H39N5O5. The second kappa shape index (κ2) is 12.5. The smallest absolute Gasteiger partial charge is 0.410 e. The number of benzene rings is 1. The van der Waals surface area contributed by atoms with Crippen LogP contribution in [0.3, 0.4) is 0 Å². The van der Waals surface area contributed by atoms with Gasteiger partial charge in [0.15, 0.2) is 0 Å². The van der Waals surface area contributed by atoms with Crippen molar-refractivity contribution in [2.24, 2.45) is 11.8 Å². The molecule has 2 rings (SSSR count). The van der Waals surface area contributed by atoms with E-state index in [1.54, 1.807) is 20.8 Å². The van der Waals surface area contributed by atoms with Crippen molar-refractivity contribution in [1.82, 2.24) is 21.0 Å². The van der Waals surface area contributed by atoms with Gasteiger partial charge in [-0.05, 0) is 51.5 Å². The maximum atomic E-state index is 13.3. The molecule has 194 valence electrons. The molecule has 1 aromatic carbocycles. The maximum absolute atomic E-state index is 13.3. The number of likely N-dealkylation sites (tertiary alicyclic amines) is 1. The summed E-state index contributed by atoms with van der Waals surface area (Å²) in [6.07, 6.45) is 1.17. The van der Waals surface area contributed by atoms with Crippen LogP contribution in [0.4, 0.5) is 4.79 Å². The highest BCUT2D eigenvalue weighted by atomic mass is 16.6. The number of hydrogen-bond acceptors (Lipinski definition) is 6. The van der Waals surface area contributed by atoms with E-state index in [0.717, 1.165) is 5.56 Å². The number of rotatable bonds is 9. The van der Waals surface area contributed by atoms with E-state index in [1.807, 2.05) is 44.2 Å². The van der Waals surface area contributed by atoms with Crippen molar-refractivity contribution in [3.05, 3.63) is 35.9 Å². The van der Waals surface area contributed by atoms with Crippen LogP contribution in [0.1, 0.15) is 59.4 Å². The molecular weight excluding hydrogens is 450 g/mol. The second-order valence-electron chi connectivity index (χ2n) is 10.3. The molecule has 1 heterocycles. The molecule has 3 atom stereocenters. The highest BCUT2D eigenvalue weighted by molar-refractivity contribution is 5.94. The number of ether oxygens (including phenoxy) is 1. The quantitative estimate of drug-likeness (QED) is 0.236. The van der Waals surface area contributed by atoms with Gasteiger partial charge in [-0.2, -0.15) is 0 Å². The Labute approximate surface area is 207 Å². The Morgan fingerprint density at radius 2 is 1.71 bits per heavy atom. The summed E-state index contributed by atoms with van der Waals surface area (Å²) < 4.78 is 5.45. The van der Waals surface area contributed by atoms with E-state index in [0.29, 0.717) is 25.8 Å². The van der Waals surface area contributed by atoms with Crippen LogP contribution in [0.25, 0.3) is 0 Å². The van der Waals surface area contributed by atoms with Gasteiger partial charge in [0.05, 0.1) is 0 Å². The van der Waals surface area contributed by atoms with Gasteiger partial charge in [-0.25, -0.2) is 10.6 Å². The molecule has 0 saturated carbocycles. The van der Waals surface area contributed by atoms with E-state index in [4.69, 9.17) is 10.6 Å². The molecule has 1 saturated heterocycles. The monoisotopic (exact) mass is 489 g/mol. The van der Waals surface area contributed by atoms with E-state index in [-0.39, 0.29) is 12.3 Å². The van der Waals surface area contributed by atoms with Crippen LogP contribution in [0, 0.1) is 5.92 Å². The first-order valence-corrected chi connectivity index (χ1v) is 12.1. The van der Waals surface area contributed by atoms with Crippen LogP contribution in [-0.2, 0) is 25.5 Å². The Balaban J connectivity index is 2.20. The summed E-state index contributed by atoms with van der Waals surface area (Å²) >= 11 is 0. The van der Waals surface area contributed by atoms with Gasteiger partial charge in [-0.15, -0.1) is 0 Å². The molecule has 3 unspecified atom stereocenters. The number of hydrogen-bond donors (Lipinski definition) is 4. The van der Waals surface area contributed by atoms with Crippen LogP contribution in [0.5, 0.6) is 0 Å². The van der Waals surface area contributed by atoms with Crippen molar-refractivity contribution in [3.8, 4) is 0 Å². The van der Waals surface area contributed by atoms with Gasteiger partial charge in [-0.3, -0.25) is 24.7 Å². The number of hydrazine groups is 1. The largest absolute Gasteiger partial charge is 0.444 e. The van der Waals surface area contributed by atoms with E-state index in [1.165, 1.54) is 4.90 Å². The summed E-state index contributed by atoms with van der Waals surface area (Å²) in [5.74, 6) is 3.98. The average Bonchev–Trinajstić information content (AvgIpc) is 3.27. The number of nitrogens with two attached hydrogens (primary N) is 1. The lowest BCUT2D eigenvalue weighted by atomic mass is 10.0. The minimum Gasteiger partial charge on any atom is -0.444 e. The van der Waals surface area contributed by atoms with Crippen molar-refractivity contribution in [2.75, 3.05) is 6.54 Å². The van der Waals surface area contributed by atoms with E-state index >= 15 is 0 Å². The molecule has 0 aliphatic carbocycles. The lowest BCUT2D eigenvalue weighted by Crippen LogP contribution is -2.57. The van der Waals surface area contributed by atoms with E-state index in [2.05, 4.69) is 16.1 Å². The fraction of sp³-hybridized carbons (Fsp3) is 0.600. The predicted molar refractivity (Wildman–Crippen MR) is 132 cm³/mol. The van der Waals surface area contributed by atoms with Gasteiger partial charge >= 0.3 is 6.09 Å². The van der Waals surface area contributed by atoms with Crippen molar-refractivity contribution in [2.45, 2.75) is 84.0 Å². The first-order chi connectivity index (χ1) is 16.4. The molecule has 1 aliphatic rings. The Bertz CT molecular complexity index is 884. The van der Waals surface area contributed by atoms with Crippen LogP contribution in [0.2, 0.25) is 0 Å². The molecule has 1 aliphatic heterocycles. The Hall–Kier alpha value is -3.14. The Kier molecular flexibility index (Phi) is 10.1. The number of nitrogens with one attached hydrogen (secondary N) is 3. The Morgan fingerprint density at radius 3 is 2.29 bits per heavy atom. The number of carbonyl (C=O) groups is 4. The molecule has 1 aromatic rings. The predicted octanol–water partition coefficient (Wildman–Crippen LogP) is 1.63. The van der Waals surface area contributed by atoms with Gasteiger partial charge in [0.2, 0.25) is 11.8 Å². The zero-order chi connectivity index (χ0) is 26.2. The summed E-state index contributed by atoms with van der Waals surface area (Å²) in [6, 6.07) is 6.72. The van der Waals surface area contributed by atoms with Gasteiger partial charge in [0.25, 0.3) is 5.91 Å². The molecule has 4 amide bonds. The minimum absolute atomic E-state index is 0.126. The number of amides is 4. The molecule has 0 radical (unpaired) electrons. The van der Waals surface area contributed by atoms with Crippen LogP contribution >= 0.6 is 0 Å². The second-order valence-corrected chi connectivity index (χ2v) is 10.3. The maximum Gasteiger partial charge on any atom is 0.410 e. The van der Waals surface area contributed by atoms with Gasteiger partial charge < -0.3 is 15.4 Å². The third-order valence-corrected chi connectivity index (χ3v) is 5.58. The summed E-state index contributed by atoms with van der Waals surface area (Å²) in [7, 11) is 0. The lowest BCUT2D eigenvalue weighted by molar-refractivity contribution is -0.133. The molecule has 1 fully saturated rings. The molecule has 0 bridgehead atoms. The molecule has 10 nitrogen and oxygen atoms in total. The third-order valence-electron chi connectivity index (χ3n) is 5.58. The summed E-state index contributed by atoms with van der Waals surface area (Å²) in [4.78, 5) is 52.8. The molecule has 0 spiro atoms. The fourth-order valence-corrected chi connectivity index (χ4v) is 3.98. The SMILES string of the molecule is CC(C)CC(NC(=O)C(Cc1ccccc1)NC(=O)C1CCCN1C(=O)OC(C)(C)C)C(=O)NN. The normalized spacial score (nSPS) is 17.5. The highest BCUT2D eigenvalue weighted by Crippen LogP contribution is 2.21. The molecule has 10 heteroatoms. The van der Waals surface area contributed by atoms with Crippen LogP contribution in [-0.4, -0.2) is 59.0 Å². The summed E-state index contributed by atoms with van der Waals surface area (Å²) in [6.45, 7) is 9.55. The van der Waals surface area contributed by atoms with Gasteiger partial charge in [-0.1, -0.05) is 44.2 Å².